The van der Waals surface area contributed by atoms with Gasteiger partial charge in [-0.2, -0.15) is 0 Å². The number of rotatable bonds is 6. The predicted octanol–water partition coefficient (Wildman–Crippen LogP) is 2.57. The Morgan fingerprint density at radius 2 is 1.93 bits per heavy atom. The summed E-state index contributed by atoms with van der Waals surface area (Å²) in [6, 6.07) is 14.1. The number of ether oxygens (including phenoxy) is 2. The van der Waals surface area contributed by atoms with Gasteiger partial charge in [-0.15, -0.1) is 12.4 Å². The zero-order chi connectivity index (χ0) is 19.9. The molecule has 1 aliphatic rings. The fourth-order valence-corrected chi connectivity index (χ4v) is 3.05. The standard InChI is InChI=1S/C21H25N3O4.ClH/c1-15-13-22-10-11-24(15)21(26)16-6-8-18(9-7-16)28-14-20(25)23-17-4-3-5-19(12-17)27-2;/h3-9,12,15,22H,10-11,13-14H2,1-2H3,(H,23,25);1H/t15-;/m0./s1. The number of hydrogen-bond donors (Lipinski definition) is 2. The number of halogens is 1. The minimum absolute atomic E-state index is 0. The first-order valence-electron chi connectivity index (χ1n) is 9.25. The van der Waals surface area contributed by atoms with Crippen LogP contribution in [0.3, 0.4) is 0 Å². The van der Waals surface area contributed by atoms with Crippen molar-refractivity contribution < 1.29 is 19.1 Å². The van der Waals surface area contributed by atoms with Crippen LogP contribution in [0.5, 0.6) is 11.5 Å². The van der Waals surface area contributed by atoms with Crippen molar-refractivity contribution in [3.63, 3.8) is 0 Å². The Morgan fingerprint density at radius 1 is 1.17 bits per heavy atom. The molecule has 1 saturated heterocycles. The lowest BCUT2D eigenvalue weighted by Gasteiger charge is -2.34. The van der Waals surface area contributed by atoms with E-state index in [4.69, 9.17) is 9.47 Å². The molecule has 7 nitrogen and oxygen atoms in total. The highest BCUT2D eigenvalue weighted by atomic mass is 35.5. The minimum atomic E-state index is -0.275. The molecule has 8 heteroatoms. The quantitative estimate of drug-likeness (QED) is 0.752. The minimum Gasteiger partial charge on any atom is -0.497 e. The number of carbonyl (C=O) groups excluding carboxylic acids is 2. The molecule has 0 spiro atoms. The van der Waals surface area contributed by atoms with Crippen LogP contribution in [0.1, 0.15) is 17.3 Å². The SMILES string of the molecule is COc1cccc(NC(=O)COc2ccc(C(=O)N3CCNC[C@@H]3C)cc2)c1.Cl. The van der Waals surface area contributed by atoms with E-state index in [9.17, 15) is 9.59 Å². The van der Waals surface area contributed by atoms with Gasteiger partial charge in [-0.1, -0.05) is 6.07 Å². The Labute approximate surface area is 176 Å². The molecule has 2 aromatic rings. The molecule has 1 aliphatic heterocycles. The fourth-order valence-electron chi connectivity index (χ4n) is 3.05. The van der Waals surface area contributed by atoms with E-state index in [0.717, 1.165) is 13.1 Å². The predicted molar refractivity (Wildman–Crippen MR) is 114 cm³/mol. The van der Waals surface area contributed by atoms with E-state index in [1.807, 2.05) is 11.8 Å². The monoisotopic (exact) mass is 419 g/mol. The van der Waals surface area contributed by atoms with Gasteiger partial charge in [0.15, 0.2) is 6.61 Å². The van der Waals surface area contributed by atoms with Crippen LogP contribution in [0.2, 0.25) is 0 Å². The molecule has 2 amide bonds. The molecule has 1 atom stereocenters. The maximum absolute atomic E-state index is 12.6. The van der Waals surface area contributed by atoms with Gasteiger partial charge in [0.05, 0.1) is 7.11 Å². The summed E-state index contributed by atoms with van der Waals surface area (Å²) < 4.78 is 10.6. The highest BCUT2D eigenvalue weighted by Crippen LogP contribution is 2.18. The average Bonchev–Trinajstić information content (AvgIpc) is 2.72. The van der Waals surface area contributed by atoms with Crippen molar-refractivity contribution in [2.45, 2.75) is 13.0 Å². The van der Waals surface area contributed by atoms with E-state index in [0.29, 0.717) is 29.3 Å². The fraction of sp³-hybridized carbons (Fsp3) is 0.333. The van der Waals surface area contributed by atoms with E-state index in [2.05, 4.69) is 10.6 Å². The summed E-state index contributed by atoms with van der Waals surface area (Å²) in [6.45, 7) is 4.21. The molecule has 2 N–H and O–H groups in total. The number of amides is 2. The van der Waals surface area contributed by atoms with Crippen LogP contribution in [0.15, 0.2) is 48.5 Å². The summed E-state index contributed by atoms with van der Waals surface area (Å²) in [7, 11) is 1.57. The Balaban J connectivity index is 0.00000300. The smallest absolute Gasteiger partial charge is 0.262 e. The number of piperazine rings is 1. The third-order valence-corrected chi connectivity index (χ3v) is 4.59. The summed E-state index contributed by atoms with van der Waals surface area (Å²) >= 11 is 0. The molecule has 156 valence electrons. The van der Waals surface area contributed by atoms with Crippen LogP contribution in [0, 0.1) is 0 Å². The molecule has 0 aliphatic carbocycles. The normalized spacial score (nSPS) is 15.8. The van der Waals surface area contributed by atoms with E-state index in [-0.39, 0.29) is 36.9 Å². The van der Waals surface area contributed by atoms with E-state index < -0.39 is 0 Å². The number of hydrogen-bond acceptors (Lipinski definition) is 5. The zero-order valence-electron chi connectivity index (χ0n) is 16.5. The van der Waals surface area contributed by atoms with Crippen molar-refractivity contribution in [1.29, 1.82) is 0 Å². The first kappa shape index (κ1) is 22.5. The zero-order valence-corrected chi connectivity index (χ0v) is 17.3. The van der Waals surface area contributed by atoms with Crippen LogP contribution in [-0.2, 0) is 4.79 Å². The van der Waals surface area contributed by atoms with Gasteiger partial charge in [-0.05, 0) is 43.3 Å². The highest BCUT2D eigenvalue weighted by Gasteiger charge is 2.23. The van der Waals surface area contributed by atoms with Gasteiger partial charge in [0.1, 0.15) is 11.5 Å². The first-order valence-corrected chi connectivity index (χ1v) is 9.25. The number of carbonyl (C=O) groups is 2. The largest absolute Gasteiger partial charge is 0.497 e. The van der Waals surface area contributed by atoms with E-state index in [1.165, 1.54) is 0 Å². The number of benzene rings is 2. The van der Waals surface area contributed by atoms with Gasteiger partial charge in [-0.25, -0.2) is 0 Å². The van der Waals surface area contributed by atoms with E-state index >= 15 is 0 Å². The third-order valence-electron chi connectivity index (χ3n) is 4.59. The van der Waals surface area contributed by atoms with Crippen LogP contribution < -0.4 is 20.1 Å². The van der Waals surface area contributed by atoms with Gasteiger partial charge in [-0.3, -0.25) is 9.59 Å². The van der Waals surface area contributed by atoms with E-state index in [1.54, 1.807) is 55.6 Å². The Bertz CT molecular complexity index is 829. The molecule has 0 aromatic heterocycles. The number of nitrogens with zero attached hydrogens (tertiary/aromatic N) is 1. The molecular weight excluding hydrogens is 394 g/mol. The topological polar surface area (TPSA) is 79.9 Å². The molecule has 1 heterocycles. The summed E-state index contributed by atoms with van der Waals surface area (Å²) in [5.74, 6) is 0.933. The number of methoxy groups -OCH3 is 1. The summed E-state index contributed by atoms with van der Waals surface area (Å²) in [6.07, 6.45) is 0. The maximum atomic E-state index is 12.6. The molecule has 2 aromatic carbocycles. The van der Waals surface area contributed by atoms with Gasteiger partial charge in [0.2, 0.25) is 0 Å². The lowest BCUT2D eigenvalue weighted by molar-refractivity contribution is -0.118. The molecule has 29 heavy (non-hydrogen) atoms. The molecule has 0 unspecified atom stereocenters. The van der Waals surface area contributed by atoms with Crippen molar-refractivity contribution in [3.05, 3.63) is 54.1 Å². The summed E-state index contributed by atoms with van der Waals surface area (Å²) in [4.78, 5) is 26.6. The van der Waals surface area contributed by atoms with Gasteiger partial charge < -0.3 is 25.0 Å². The second-order valence-electron chi connectivity index (χ2n) is 6.64. The second-order valence-corrected chi connectivity index (χ2v) is 6.64. The lowest BCUT2D eigenvalue weighted by atomic mass is 10.1. The Kier molecular flexibility index (Phi) is 8.30. The molecule has 0 saturated carbocycles. The van der Waals surface area contributed by atoms with Crippen molar-refractivity contribution in [2.75, 3.05) is 38.7 Å². The Morgan fingerprint density at radius 3 is 2.62 bits per heavy atom. The van der Waals surface area contributed by atoms with Crippen molar-refractivity contribution >= 4 is 29.9 Å². The van der Waals surface area contributed by atoms with Gasteiger partial charge in [0, 0.05) is 43.0 Å². The van der Waals surface area contributed by atoms with Crippen molar-refractivity contribution in [3.8, 4) is 11.5 Å². The van der Waals surface area contributed by atoms with Gasteiger partial charge in [0.25, 0.3) is 11.8 Å². The molecule has 0 bridgehead atoms. The summed E-state index contributed by atoms with van der Waals surface area (Å²) in [5, 5.41) is 6.03. The van der Waals surface area contributed by atoms with Crippen LogP contribution in [0.25, 0.3) is 0 Å². The average molecular weight is 420 g/mol. The maximum Gasteiger partial charge on any atom is 0.262 e. The van der Waals surface area contributed by atoms with Gasteiger partial charge >= 0.3 is 0 Å². The molecule has 1 fully saturated rings. The second kappa shape index (κ2) is 10.7. The summed E-state index contributed by atoms with van der Waals surface area (Å²) in [5.41, 5.74) is 1.25. The lowest BCUT2D eigenvalue weighted by Crippen LogP contribution is -2.52. The van der Waals surface area contributed by atoms with Crippen LogP contribution >= 0.6 is 12.4 Å². The Hall–Kier alpha value is -2.77. The van der Waals surface area contributed by atoms with Crippen LogP contribution in [0.4, 0.5) is 5.69 Å². The molecule has 3 rings (SSSR count). The molecular formula is C21H26ClN3O4. The van der Waals surface area contributed by atoms with Crippen molar-refractivity contribution in [2.24, 2.45) is 0 Å². The number of nitrogens with one attached hydrogen (secondary N) is 2. The molecule has 0 radical (unpaired) electrons. The van der Waals surface area contributed by atoms with Crippen LogP contribution in [-0.4, -0.2) is 56.1 Å². The van der Waals surface area contributed by atoms with Crippen molar-refractivity contribution in [1.82, 2.24) is 10.2 Å². The number of anilines is 1. The first-order chi connectivity index (χ1) is 13.6. The third kappa shape index (κ3) is 6.10. The highest BCUT2D eigenvalue weighted by molar-refractivity contribution is 5.94.